The Hall–Kier alpha value is -1.91. The molecule has 0 fully saturated rings. The van der Waals surface area contributed by atoms with E-state index in [9.17, 15) is 8.78 Å². The van der Waals surface area contributed by atoms with Crippen LogP contribution in [-0.4, -0.2) is 43.3 Å². The fourth-order valence-electron chi connectivity index (χ4n) is 2.67. The lowest BCUT2D eigenvalue weighted by molar-refractivity contribution is -0.0498. The van der Waals surface area contributed by atoms with Gasteiger partial charge in [-0.05, 0) is 38.0 Å². The average molecular weight is 494 g/mol. The third-order valence-corrected chi connectivity index (χ3v) is 3.98. The Labute approximate surface area is 175 Å². The van der Waals surface area contributed by atoms with Crippen molar-refractivity contribution in [1.29, 1.82) is 0 Å². The predicted octanol–water partition coefficient (Wildman–Crippen LogP) is 3.76. The summed E-state index contributed by atoms with van der Waals surface area (Å²) in [6.45, 7) is 2.29. The molecule has 1 heterocycles. The van der Waals surface area contributed by atoms with E-state index in [1.165, 1.54) is 12.1 Å². The van der Waals surface area contributed by atoms with Gasteiger partial charge in [-0.25, -0.2) is 0 Å². The van der Waals surface area contributed by atoms with Crippen molar-refractivity contribution >= 4 is 29.9 Å². The average Bonchev–Trinajstić information content (AvgIpc) is 2.91. The standard InChI is InChI=1S/C18H24F2N4O2.HI/c1-12-16(13(2)26-23-12)9-10-22-18(21-3)24(4)11-14-5-7-15(8-6-14)25-17(19)20;/h5-8,17H,9-11H2,1-4H3,(H,21,22);1H. The molecule has 0 unspecified atom stereocenters. The zero-order valence-electron chi connectivity index (χ0n) is 15.8. The molecule has 27 heavy (non-hydrogen) atoms. The van der Waals surface area contributed by atoms with Crippen LogP contribution in [0, 0.1) is 13.8 Å². The highest BCUT2D eigenvalue weighted by Gasteiger charge is 2.11. The second kappa shape index (κ2) is 11.1. The van der Waals surface area contributed by atoms with Gasteiger partial charge in [0, 0.05) is 32.7 Å². The van der Waals surface area contributed by atoms with Gasteiger partial charge in [0.1, 0.15) is 11.5 Å². The van der Waals surface area contributed by atoms with E-state index in [1.807, 2.05) is 25.8 Å². The monoisotopic (exact) mass is 494 g/mol. The second-order valence-corrected chi connectivity index (χ2v) is 5.91. The van der Waals surface area contributed by atoms with Crippen molar-refractivity contribution in [2.45, 2.75) is 33.4 Å². The molecule has 0 aliphatic heterocycles. The van der Waals surface area contributed by atoms with Gasteiger partial charge in [0.2, 0.25) is 0 Å². The molecule has 0 saturated carbocycles. The number of nitrogens with zero attached hydrogens (tertiary/aromatic N) is 3. The van der Waals surface area contributed by atoms with Crippen LogP contribution in [0.25, 0.3) is 0 Å². The first-order valence-electron chi connectivity index (χ1n) is 8.28. The fourth-order valence-corrected chi connectivity index (χ4v) is 2.67. The molecule has 2 aromatic rings. The molecule has 0 bridgehead atoms. The molecule has 9 heteroatoms. The van der Waals surface area contributed by atoms with Crippen molar-refractivity contribution in [2.24, 2.45) is 4.99 Å². The fraction of sp³-hybridized carbons (Fsp3) is 0.444. The molecule has 6 nitrogen and oxygen atoms in total. The summed E-state index contributed by atoms with van der Waals surface area (Å²) in [6.07, 6.45) is 0.785. The number of rotatable bonds is 7. The van der Waals surface area contributed by atoms with Crippen LogP contribution < -0.4 is 10.1 Å². The highest BCUT2D eigenvalue weighted by Crippen LogP contribution is 2.16. The number of ether oxygens (including phenoxy) is 1. The third kappa shape index (κ3) is 6.96. The largest absolute Gasteiger partial charge is 0.435 e. The Bertz CT molecular complexity index is 716. The first kappa shape index (κ1) is 23.1. The van der Waals surface area contributed by atoms with Crippen molar-refractivity contribution in [3.63, 3.8) is 0 Å². The molecule has 0 amide bonds. The van der Waals surface area contributed by atoms with Gasteiger partial charge < -0.3 is 19.5 Å². The first-order valence-corrected chi connectivity index (χ1v) is 8.28. The summed E-state index contributed by atoms with van der Waals surface area (Å²) in [6, 6.07) is 6.57. The number of nitrogens with one attached hydrogen (secondary N) is 1. The minimum atomic E-state index is -2.82. The zero-order chi connectivity index (χ0) is 19.1. The first-order chi connectivity index (χ1) is 12.4. The molecular weight excluding hydrogens is 469 g/mol. The second-order valence-electron chi connectivity index (χ2n) is 5.91. The van der Waals surface area contributed by atoms with Crippen molar-refractivity contribution < 1.29 is 18.0 Å². The number of halogens is 3. The Morgan fingerprint density at radius 3 is 2.48 bits per heavy atom. The Morgan fingerprint density at radius 2 is 1.96 bits per heavy atom. The zero-order valence-corrected chi connectivity index (χ0v) is 18.2. The smallest absolute Gasteiger partial charge is 0.387 e. The van der Waals surface area contributed by atoms with E-state index >= 15 is 0 Å². The van der Waals surface area contributed by atoms with Crippen molar-refractivity contribution in [3.05, 3.63) is 46.8 Å². The summed E-state index contributed by atoms with van der Waals surface area (Å²) >= 11 is 0. The summed E-state index contributed by atoms with van der Waals surface area (Å²) in [5.74, 6) is 1.72. The predicted molar refractivity (Wildman–Crippen MR) is 111 cm³/mol. The van der Waals surface area contributed by atoms with E-state index in [0.717, 1.165) is 35.0 Å². The number of hydrogen-bond donors (Lipinski definition) is 1. The normalized spacial score (nSPS) is 11.3. The van der Waals surface area contributed by atoms with Crippen LogP contribution in [0.15, 0.2) is 33.8 Å². The lowest BCUT2D eigenvalue weighted by atomic mass is 10.1. The number of guanidine groups is 1. The Balaban J connectivity index is 0.00000364. The van der Waals surface area contributed by atoms with Gasteiger partial charge in [-0.3, -0.25) is 4.99 Å². The summed E-state index contributed by atoms with van der Waals surface area (Å²) in [5.41, 5.74) is 2.96. The van der Waals surface area contributed by atoms with Crippen LogP contribution in [0.2, 0.25) is 0 Å². The van der Waals surface area contributed by atoms with Crippen LogP contribution >= 0.6 is 24.0 Å². The molecule has 0 spiro atoms. The number of aromatic nitrogens is 1. The quantitative estimate of drug-likeness (QED) is 0.361. The van der Waals surface area contributed by atoms with Gasteiger partial charge in [-0.15, -0.1) is 24.0 Å². The van der Waals surface area contributed by atoms with Crippen LogP contribution in [0.5, 0.6) is 5.75 Å². The van der Waals surface area contributed by atoms with Gasteiger partial charge >= 0.3 is 6.61 Å². The third-order valence-electron chi connectivity index (χ3n) is 3.98. The van der Waals surface area contributed by atoms with Gasteiger partial charge in [-0.2, -0.15) is 8.78 Å². The Morgan fingerprint density at radius 1 is 1.30 bits per heavy atom. The van der Waals surface area contributed by atoms with E-state index in [4.69, 9.17) is 4.52 Å². The summed E-state index contributed by atoms with van der Waals surface area (Å²) in [4.78, 5) is 6.23. The summed E-state index contributed by atoms with van der Waals surface area (Å²) in [5, 5.41) is 7.25. The maximum Gasteiger partial charge on any atom is 0.387 e. The van der Waals surface area contributed by atoms with E-state index in [0.29, 0.717) is 13.1 Å². The summed E-state index contributed by atoms with van der Waals surface area (Å²) < 4.78 is 33.9. The van der Waals surface area contributed by atoms with Gasteiger partial charge in [0.25, 0.3) is 0 Å². The molecule has 1 N–H and O–H groups in total. The number of aryl methyl sites for hydroxylation is 2. The molecule has 1 aromatic heterocycles. The van der Waals surface area contributed by atoms with E-state index in [-0.39, 0.29) is 29.7 Å². The van der Waals surface area contributed by atoms with E-state index < -0.39 is 6.61 Å². The molecule has 0 saturated heterocycles. The molecule has 2 rings (SSSR count). The van der Waals surface area contributed by atoms with Gasteiger partial charge in [0.05, 0.1) is 5.69 Å². The number of hydrogen-bond acceptors (Lipinski definition) is 4. The minimum absolute atomic E-state index is 0. The van der Waals surface area contributed by atoms with Gasteiger partial charge in [-0.1, -0.05) is 17.3 Å². The maximum absolute atomic E-state index is 12.2. The lowest BCUT2D eigenvalue weighted by Gasteiger charge is -2.22. The van der Waals surface area contributed by atoms with Crippen molar-refractivity contribution in [3.8, 4) is 5.75 Å². The molecule has 150 valence electrons. The number of aliphatic imine (C=N–C) groups is 1. The molecule has 1 aromatic carbocycles. The number of alkyl halides is 2. The van der Waals surface area contributed by atoms with Crippen LogP contribution in [0.1, 0.15) is 22.6 Å². The SMILES string of the molecule is CN=C(NCCc1c(C)noc1C)N(C)Cc1ccc(OC(F)F)cc1.I. The van der Waals surface area contributed by atoms with Crippen LogP contribution in [-0.2, 0) is 13.0 Å². The highest BCUT2D eigenvalue weighted by atomic mass is 127. The van der Waals surface area contributed by atoms with Crippen molar-refractivity contribution in [2.75, 3.05) is 20.6 Å². The number of benzene rings is 1. The minimum Gasteiger partial charge on any atom is -0.435 e. The molecule has 0 aliphatic carbocycles. The topological polar surface area (TPSA) is 62.9 Å². The molecule has 0 atom stereocenters. The lowest BCUT2D eigenvalue weighted by Crippen LogP contribution is -2.39. The van der Waals surface area contributed by atoms with Crippen molar-refractivity contribution in [1.82, 2.24) is 15.4 Å². The van der Waals surface area contributed by atoms with Crippen LogP contribution in [0.3, 0.4) is 0 Å². The molecule has 0 radical (unpaired) electrons. The van der Waals surface area contributed by atoms with Gasteiger partial charge in [0.15, 0.2) is 5.96 Å². The van der Waals surface area contributed by atoms with E-state index in [2.05, 4.69) is 20.2 Å². The van der Waals surface area contributed by atoms with E-state index in [1.54, 1.807) is 19.2 Å². The Kier molecular flexibility index (Phi) is 9.47. The maximum atomic E-state index is 12.2. The molecule has 0 aliphatic rings. The highest BCUT2D eigenvalue weighted by molar-refractivity contribution is 14.0. The van der Waals surface area contributed by atoms with Crippen LogP contribution in [0.4, 0.5) is 8.78 Å². The summed E-state index contributed by atoms with van der Waals surface area (Å²) in [7, 11) is 3.63. The molecular formula is C18H25F2IN4O2.